The normalized spacial score (nSPS) is 11.2. The summed E-state index contributed by atoms with van der Waals surface area (Å²) < 4.78 is 7.98. The van der Waals surface area contributed by atoms with Gasteiger partial charge in [-0.15, -0.1) is 0 Å². The van der Waals surface area contributed by atoms with Crippen molar-refractivity contribution in [2.75, 3.05) is 0 Å². The third kappa shape index (κ3) is 4.80. The molecule has 0 spiro atoms. The molecule has 3 aromatic rings. The number of aromatic nitrogens is 3. The molecular weight excluding hydrogens is 368 g/mol. The van der Waals surface area contributed by atoms with E-state index in [-0.39, 0.29) is 0 Å². The first-order chi connectivity index (χ1) is 12.7. The van der Waals surface area contributed by atoms with E-state index in [1.54, 1.807) is 10.9 Å². The van der Waals surface area contributed by atoms with Gasteiger partial charge in [0.2, 0.25) is 4.77 Å². The molecule has 7 heteroatoms. The second kappa shape index (κ2) is 8.78. The summed E-state index contributed by atoms with van der Waals surface area (Å²) in [5, 5.41) is 12.1. The van der Waals surface area contributed by atoms with Crippen LogP contribution in [-0.2, 0) is 13.0 Å². The van der Waals surface area contributed by atoms with Crippen molar-refractivity contribution in [1.29, 1.82) is 0 Å². The van der Waals surface area contributed by atoms with Crippen molar-refractivity contribution in [3.63, 3.8) is 0 Å². The van der Waals surface area contributed by atoms with E-state index in [2.05, 4.69) is 22.2 Å². The van der Waals surface area contributed by atoms with Crippen molar-refractivity contribution >= 4 is 30.0 Å². The van der Waals surface area contributed by atoms with E-state index < -0.39 is 0 Å². The van der Waals surface area contributed by atoms with Crippen LogP contribution in [-0.4, -0.2) is 21.1 Å². The van der Waals surface area contributed by atoms with Gasteiger partial charge in [0.25, 0.3) is 0 Å². The first-order valence-corrected chi connectivity index (χ1v) is 9.12. The van der Waals surface area contributed by atoms with Crippen LogP contribution in [0, 0.1) is 4.77 Å². The van der Waals surface area contributed by atoms with Crippen LogP contribution >= 0.6 is 23.8 Å². The third-order valence-electron chi connectivity index (χ3n) is 3.69. The number of hydrogen-bond acceptors (Lipinski definition) is 4. The molecule has 2 aromatic carbocycles. The zero-order valence-corrected chi connectivity index (χ0v) is 15.9. The molecule has 0 fully saturated rings. The molecule has 1 heterocycles. The lowest BCUT2D eigenvalue weighted by Crippen LogP contribution is -1.99. The highest BCUT2D eigenvalue weighted by molar-refractivity contribution is 7.71. The molecule has 5 nitrogen and oxygen atoms in total. The van der Waals surface area contributed by atoms with Gasteiger partial charge in [0.1, 0.15) is 12.4 Å². The average molecular weight is 387 g/mol. The summed E-state index contributed by atoms with van der Waals surface area (Å²) in [6.45, 7) is 2.57. The van der Waals surface area contributed by atoms with E-state index in [1.807, 2.05) is 48.5 Å². The smallest absolute Gasteiger partial charge is 0.216 e. The maximum Gasteiger partial charge on any atom is 0.216 e. The predicted molar refractivity (Wildman–Crippen MR) is 107 cm³/mol. The van der Waals surface area contributed by atoms with Crippen molar-refractivity contribution < 1.29 is 4.74 Å². The van der Waals surface area contributed by atoms with Crippen LogP contribution in [0.2, 0.25) is 5.02 Å². The van der Waals surface area contributed by atoms with Crippen LogP contribution < -0.4 is 4.74 Å². The Bertz CT molecular complexity index is 947. The molecular formula is C19H19ClN4OS. The van der Waals surface area contributed by atoms with Crippen molar-refractivity contribution in [1.82, 2.24) is 14.9 Å². The van der Waals surface area contributed by atoms with Crippen LogP contribution in [0.5, 0.6) is 5.75 Å². The summed E-state index contributed by atoms with van der Waals surface area (Å²) in [6, 6.07) is 15.3. The monoisotopic (exact) mass is 386 g/mol. The molecule has 0 saturated heterocycles. The Morgan fingerprint density at radius 3 is 2.85 bits per heavy atom. The van der Waals surface area contributed by atoms with E-state index in [4.69, 9.17) is 28.6 Å². The summed E-state index contributed by atoms with van der Waals surface area (Å²) in [7, 11) is 0. The maximum atomic E-state index is 5.90. The van der Waals surface area contributed by atoms with Crippen LogP contribution in [0.25, 0.3) is 0 Å². The summed E-state index contributed by atoms with van der Waals surface area (Å²) in [5.74, 6) is 1.59. The summed E-state index contributed by atoms with van der Waals surface area (Å²) in [6.07, 6.45) is 3.54. The molecule has 0 saturated carbocycles. The fraction of sp³-hybridized carbons (Fsp3) is 0.211. The lowest BCUT2D eigenvalue weighted by atomic mass is 10.2. The second-order valence-corrected chi connectivity index (χ2v) is 6.56. The van der Waals surface area contributed by atoms with Gasteiger partial charge in [-0.05, 0) is 54.0 Å². The Hall–Kier alpha value is -2.44. The summed E-state index contributed by atoms with van der Waals surface area (Å²) in [5.41, 5.74) is 1.98. The molecule has 3 rings (SSSR count). The number of ether oxygens (including phenoxy) is 1. The number of benzene rings is 2. The zero-order valence-electron chi connectivity index (χ0n) is 14.4. The Morgan fingerprint density at radius 1 is 1.27 bits per heavy atom. The molecule has 0 unspecified atom stereocenters. The summed E-state index contributed by atoms with van der Waals surface area (Å²) >= 11 is 11.1. The number of nitrogens with one attached hydrogen (secondary N) is 1. The molecule has 0 bridgehead atoms. The highest BCUT2D eigenvalue weighted by Crippen LogP contribution is 2.16. The van der Waals surface area contributed by atoms with Gasteiger partial charge >= 0.3 is 0 Å². The standard InChI is InChI=1S/C19H19ClN4OS/c1-2-4-18-22-23-19(26)24(18)21-12-15-5-3-6-17(11-15)25-13-14-7-9-16(20)10-8-14/h3,5-12H,2,4,13H2,1H3,(H,23,26)/b21-12+. The van der Waals surface area contributed by atoms with Crippen molar-refractivity contribution in [3.05, 3.63) is 75.3 Å². The van der Waals surface area contributed by atoms with E-state index in [1.165, 1.54) is 0 Å². The molecule has 0 aliphatic heterocycles. The highest BCUT2D eigenvalue weighted by Gasteiger charge is 2.03. The number of rotatable bonds is 7. The number of hydrogen-bond donors (Lipinski definition) is 1. The molecule has 0 aliphatic carbocycles. The second-order valence-electron chi connectivity index (χ2n) is 5.74. The van der Waals surface area contributed by atoms with E-state index >= 15 is 0 Å². The van der Waals surface area contributed by atoms with Gasteiger partial charge in [-0.2, -0.15) is 14.9 Å². The quantitative estimate of drug-likeness (QED) is 0.458. The van der Waals surface area contributed by atoms with Crippen LogP contribution in [0.1, 0.15) is 30.3 Å². The average Bonchev–Trinajstić information content (AvgIpc) is 3.00. The van der Waals surface area contributed by atoms with Crippen LogP contribution in [0.3, 0.4) is 0 Å². The molecule has 134 valence electrons. The molecule has 0 amide bonds. The predicted octanol–water partition coefficient (Wildman–Crippen LogP) is 5.01. The topological polar surface area (TPSA) is 55.2 Å². The Morgan fingerprint density at radius 2 is 2.08 bits per heavy atom. The largest absolute Gasteiger partial charge is 0.489 e. The number of aromatic amines is 1. The summed E-state index contributed by atoms with van der Waals surface area (Å²) in [4.78, 5) is 0. The number of halogens is 1. The zero-order chi connectivity index (χ0) is 18.4. The first-order valence-electron chi connectivity index (χ1n) is 8.33. The fourth-order valence-corrected chi connectivity index (χ4v) is 2.71. The van der Waals surface area contributed by atoms with Gasteiger partial charge in [0, 0.05) is 11.4 Å². The van der Waals surface area contributed by atoms with Crippen molar-refractivity contribution in [2.45, 2.75) is 26.4 Å². The maximum absolute atomic E-state index is 5.90. The number of aryl methyl sites for hydroxylation is 1. The van der Waals surface area contributed by atoms with Gasteiger partial charge in [0.15, 0.2) is 5.82 Å². The lowest BCUT2D eigenvalue weighted by molar-refractivity contribution is 0.306. The van der Waals surface area contributed by atoms with Gasteiger partial charge in [-0.25, -0.2) is 0 Å². The van der Waals surface area contributed by atoms with E-state index in [0.717, 1.165) is 35.5 Å². The van der Waals surface area contributed by atoms with Gasteiger partial charge in [0.05, 0.1) is 6.21 Å². The van der Waals surface area contributed by atoms with E-state index in [0.29, 0.717) is 16.4 Å². The molecule has 0 radical (unpaired) electrons. The number of nitrogens with zero attached hydrogens (tertiary/aromatic N) is 3. The minimum atomic E-state index is 0.477. The minimum absolute atomic E-state index is 0.477. The third-order valence-corrected chi connectivity index (χ3v) is 4.21. The molecule has 0 aliphatic rings. The minimum Gasteiger partial charge on any atom is -0.489 e. The van der Waals surface area contributed by atoms with Crippen LogP contribution in [0.15, 0.2) is 53.6 Å². The Kier molecular flexibility index (Phi) is 6.20. The molecule has 1 N–H and O–H groups in total. The number of H-pyrrole nitrogens is 1. The van der Waals surface area contributed by atoms with E-state index in [9.17, 15) is 0 Å². The van der Waals surface area contributed by atoms with Gasteiger partial charge in [-0.3, -0.25) is 5.10 Å². The molecule has 0 atom stereocenters. The Labute approximate surface area is 162 Å². The Balaban J connectivity index is 1.70. The van der Waals surface area contributed by atoms with Crippen molar-refractivity contribution in [2.24, 2.45) is 5.10 Å². The first kappa shape index (κ1) is 18.4. The van der Waals surface area contributed by atoms with Crippen molar-refractivity contribution in [3.8, 4) is 5.75 Å². The fourth-order valence-electron chi connectivity index (χ4n) is 2.39. The van der Waals surface area contributed by atoms with Crippen LogP contribution in [0.4, 0.5) is 0 Å². The van der Waals surface area contributed by atoms with Gasteiger partial charge in [-0.1, -0.05) is 42.8 Å². The van der Waals surface area contributed by atoms with Gasteiger partial charge < -0.3 is 4.74 Å². The lowest BCUT2D eigenvalue weighted by Gasteiger charge is -2.07. The SMILES string of the molecule is CCCc1n[nH]c(=S)n1/N=C/c1cccc(OCc2ccc(Cl)cc2)c1. The molecule has 1 aromatic heterocycles. The highest BCUT2D eigenvalue weighted by atomic mass is 35.5. The molecule has 26 heavy (non-hydrogen) atoms.